The molecule has 0 fully saturated rings. The molecular weight excluding hydrogens is 346 g/mol. The highest BCUT2D eigenvalue weighted by Crippen LogP contribution is 2.20. The standard InChI is InChI=1S/C13H10BrNO4S/c14-10-2-1-3-11(8-10)15-20(18,19)12-6-4-9(5-7-12)13(16)17/h1-8,15H,(H,16,17)/p-1. The molecule has 2 aromatic rings. The van der Waals surface area contributed by atoms with Crippen LogP contribution in [0.4, 0.5) is 5.69 Å². The Morgan fingerprint density at radius 1 is 1.10 bits per heavy atom. The first-order chi connectivity index (χ1) is 9.38. The van der Waals surface area contributed by atoms with Crippen molar-refractivity contribution in [2.75, 3.05) is 4.72 Å². The van der Waals surface area contributed by atoms with Gasteiger partial charge in [0.15, 0.2) is 0 Å². The van der Waals surface area contributed by atoms with Crippen molar-refractivity contribution in [1.29, 1.82) is 0 Å². The van der Waals surface area contributed by atoms with Crippen LogP contribution in [0.1, 0.15) is 10.4 Å². The average Bonchev–Trinajstić information content (AvgIpc) is 2.38. The second-order valence-electron chi connectivity index (χ2n) is 3.93. The molecule has 0 heterocycles. The smallest absolute Gasteiger partial charge is 0.261 e. The van der Waals surface area contributed by atoms with E-state index < -0.39 is 16.0 Å². The number of sulfonamides is 1. The molecule has 0 bridgehead atoms. The number of halogens is 1. The third kappa shape index (κ3) is 3.37. The number of carbonyl (C=O) groups excluding carboxylic acids is 1. The van der Waals surface area contributed by atoms with E-state index in [4.69, 9.17) is 0 Å². The summed E-state index contributed by atoms with van der Waals surface area (Å²) in [4.78, 5) is 10.6. The summed E-state index contributed by atoms with van der Waals surface area (Å²) >= 11 is 3.24. The molecule has 0 spiro atoms. The number of hydrogen-bond acceptors (Lipinski definition) is 4. The van der Waals surface area contributed by atoms with Crippen molar-refractivity contribution < 1.29 is 18.3 Å². The molecule has 20 heavy (non-hydrogen) atoms. The Balaban J connectivity index is 2.28. The molecule has 0 aliphatic carbocycles. The molecule has 0 aromatic heterocycles. The zero-order valence-corrected chi connectivity index (χ0v) is 12.4. The van der Waals surface area contributed by atoms with E-state index in [0.717, 1.165) is 4.47 Å². The third-order valence-corrected chi connectivity index (χ3v) is 4.37. The van der Waals surface area contributed by atoms with Gasteiger partial charge in [0.1, 0.15) is 0 Å². The number of rotatable bonds is 4. The van der Waals surface area contributed by atoms with Crippen molar-refractivity contribution in [2.24, 2.45) is 0 Å². The number of carboxylic acid groups (broad SMARTS) is 1. The van der Waals surface area contributed by atoms with Gasteiger partial charge in [-0.3, -0.25) is 4.72 Å². The summed E-state index contributed by atoms with van der Waals surface area (Å²) < 4.78 is 27.4. The van der Waals surface area contributed by atoms with Gasteiger partial charge in [0.05, 0.1) is 10.9 Å². The lowest BCUT2D eigenvalue weighted by molar-refractivity contribution is -0.255. The van der Waals surface area contributed by atoms with Crippen molar-refractivity contribution in [3.05, 3.63) is 58.6 Å². The highest BCUT2D eigenvalue weighted by molar-refractivity contribution is 9.10. The molecule has 0 radical (unpaired) electrons. The molecule has 0 saturated carbocycles. The van der Waals surface area contributed by atoms with Crippen LogP contribution in [-0.2, 0) is 10.0 Å². The van der Waals surface area contributed by atoms with Gasteiger partial charge in [-0.25, -0.2) is 8.42 Å². The van der Waals surface area contributed by atoms with Gasteiger partial charge >= 0.3 is 0 Å². The van der Waals surface area contributed by atoms with Crippen LogP contribution in [0.5, 0.6) is 0 Å². The van der Waals surface area contributed by atoms with Crippen LogP contribution in [0.25, 0.3) is 0 Å². The zero-order valence-electron chi connectivity index (χ0n) is 10.0. The van der Waals surface area contributed by atoms with Crippen LogP contribution < -0.4 is 9.83 Å². The molecule has 0 aliphatic rings. The predicted octanol–water partition coefficient (Wildman–Crippen LogP) is 1.61. The number of hydrogen-bond donors (Lipinski definition) is 1. The second-order valence-corrected chi connectivity index (χ2v) is 6.53. The minimum atomic E-state index is -3.76. The molecule has 2 rings (SSSR count). The molecule has 0 saturated heterocycles. The second kappa shape index (κ2) is 5.64. The van der Waals surface area contributed by atoms with Crippen LogP contribution in [0, 0.1) is 0 Å². The van der Waals surface area contributed by atoms with Gasteiger partial charge < -0.3 is 9.90 Å². The fourth-order valence-electron chi connectivity index (χ4n) is 1.54. The van der Waals surface area contributed by atoms with Crippen molar-refractivity contribution >= 4 is 37.6 Å². The normalized spacial score (nSPS) is 11.1. The van der Waals surface area contributed by atoms with Gasteiger partial charge in [0.2, 0.25) is 0 Å². The lowest BCUT2D eigenvalue weighted by Crippen LogP contribution is -2.22. The predicted molar refractivity (Wildman–Crippen MR) is 75.7 cm³/mol. The Hall–Kier alpha value is -1.86. The molecule has 1 N–H and O–H groups in total. The lowest BCUT2D eigenvalue weighted by atomic mass is 10.2. The molecule has 2 aromatic carbocycles. The third-order valence-electron chi connectivity index (χ3n) is 2.48. The molecule has 0 atom stereocenters. The Morgan fingerprint density at radius 3 is 2.30 bits per heavy atom. The minimum absolute atomic E-state index is 0.0255. The first-order valence-corrected chi connectivity index (χ1v) is 7.76. The Kier molecular flexibility index (Phi) is 4.10. The van der Waals surface area contributed by atoms with Crippen LogP contribution in [0.2, 0.25) is 0 Å². The SMILES string of the molecule is O=C([O-])c1ccc(S(=O)(=O)Nc2cccc(Br)c2)cc1. The summed E-state index contributed by atoms with van der Waals surface area (Å²) in [5, 5.41) is 10.6. The molecule has 104 valence electrons. The quantitative estimate of drug-likeness (QED) is 0.903. The van der Waals surface area contributed by atoms with E-state index >= 15 is 0 Å². The first kappa shape index (κ1) is 14.5. The van der Waals surface area contributed by atoms with Gasteiger partial charge in [-0.15, -0.1) is 0 Å². The summed E-state index contributed by atoms with van der Waals surface area (Å²) in [7, 11) is -3.76. The van der Waals surface area contributed by atoms with E-state index in [1.54, 1.807) is 24.3 Å². The molecule has 5 nitrogen and oxygen atoms in total. The maximum Gasteiger partial charge on any atom is 0.261 e. The zero-order chi connectivity index (χ0) is 14.8. The molecule has 7 heteroatoms. The Labute approximate surface area is 124 Å². The summed E-state index contributed by atoms with van der Waals surface area (Å²) in [6.07, 6.45) is 0. The topological polar surface area (TPSA) is 86.3 Å². The molecule has 0 aliphatic heterocycles. The van der Waals surface area contributed by atoms with E-state index in [-0.39, 0.29) is 10.5 Å². The summed E-state index contributed by atoms with van der Waals surface area (Å²) in [5.74, 6) is -1.35. The molecule has 0 unspecified atom stereocenters. The van der Waals surface area contributed by atoms with E-state index in [1.165, 1.54) is 24.3 Å². The van der Waals surface area contributed by atoms with E-state index in [2.05, 4.69) is 20.7 Å². The van der Waals surface area contributed by atoms with Gasteiger partial charge in [-0.2, -0.15) is 0 Å². The van der Waals surface area contributed by atoms with Crippen LogP contribution in [0.15, 0.2) is 57.9 Å². The number of anilines is 1. The van der Waals surface area contributed by atoms with Crippen molar-refractivity contribution in [3.8, 4) is 0 Å². The maximum absolute atomic E-state index is 12.1. The summed E-state index contributed by atoms with van der Waals surface area (Å²) in [5.41, 5.74) is 0.328. The number of carbonyl (C=O) groups is 1. The molecule has 0 amide bonds. The number of carboxylic acids is 1. The van der Waals surface area contributed by atoms with E-state index in [9.17, 15) is 18.3 Å². The largest absolute Gasteiger partial charge is 0.545 e. The highest BCUT2D eigenvalue weighted by Gasteiger charge is 2.14. The maximum atomic E-state index is 12.1. The molecular formula is C13H9BrNO4S-. The average molecular weight is 355 g/mol. The Bertz CT molecular complexity index is 741. The van der Waals surface area contributed by atoms with Gasteiger partial charge in [-0.1, -0.05) is 34.1 Å². The van der Waals surface area contributed by atoms with E-state index in [0.29, 0.717) is 5.69 Å². The fourth-order valence-corrected chi connectivity index (χ4v) is 2.98. The minimum Gasteiger partial charge on any atom is -0.545 e. The van der Waals surface area contributed by atoms with Gasteiger partial charge in [-0.05, 0) is 35.9 Å². The van der Waals surface area contributed by atoms with E-state index in [1.807, 2.05) is 0 Å². The summed E-state index contributed by atoms with van der Waals surface area (Å²) in [6.45, 7) is 0. The van der Waals surface area contributed by atoms with Crippen LogP contribution >= 0.6 is 15.9 Å². The van der Waals surface area contributed by atoms with Crippen LogP contribution in [-0.4, -0.2) is 14.4 Å². The summed E-state index contributed by atoms with van der Waals surface area (Å²) in [6, 6.07) is 11.5. The Morgan fingerprint density at radius 2 is 1.75 bits per heavy atom. The number of nitrogens with one attached hydrogen (secondary N) is 1. The fraction of sp³-hybridized carbons (Fsp3) is 0. The first-order valence-electron chi connectivity index (χ1n) is 5.48. The van der Waals surface area contributed by atoms with Crippen LogP contribution in [0.3, 0.4) is 0 Å². The van der Waals surface area contributed by atoms with Gasteiger partial charge in [0.25, 0.3) is 10.0 Å². The number of aromatic carboxylic acids is 1. The highest BCUT2D eigenvalue weighted by atomic mass is 79.9. The number of benzene rings is 2. The van der Waals surface area contributed by atoms with Gasteiger partial charge in [0, 0.05) is 10.2 Å². The van der Waals surface area contributed by atoms with Crippen molar-refractivity contribution in [1.82, 2.24) is 0 Å². The monoisotopic (exact) mass is 354 g/mol. The van der Waals surface area contributed by atoms with Crippen molar-refractivity contribution in [2.45, 2.75) is 4.90 Å². The van der Waals surface area contributed by atoms with Crippen molar-refractivity contribution in [3.63, 3.8) is 0 Å². The lowest BCUT2D eigenvalue weighted by Gasteiger charge is -2.09.